The van der Waals surface area contributed by atoms with E-state index in [1.165, 1.54) is 0 Å². The number of carbonyl (C=O) groups is 1. The summed E-state index contributed by atoms with van der Waals surface area (Å²) in [6.45, 7) is 7.00. The minimum atomic E-state index is 0. The minimum absolute atomic E-state index is 0. The molecule has 2 heteroatoms. The van der Waals surface area contributed by atoms with Crippen LogP contribution in [0, 0.1) is 14.4 Å². The zero-order valence-corrected chi connectivity index (χ0v) is 7.16. The van der Waals surface area contributed by atoms with E-state index in [1.807, 2.05) is 6.79 Å². The second-order valence-electron chi connectivity index (χ2n) is 0. The van der Waals surface area contributed by atoms with Crippen molar-refractivity contribution in [2.24, 2.45) is 0 Å². The Morgan fingerprint density at radius 1 is 1.33 bits per heavy atom. The van der Waals surface area contributed by atoms with Crippen molar-refractivity contribution in [3.8, 4) is 0 Å². The Morgan fingerprint density at radius 3 is 1.33 bits per heavy atom. The molecule has 38 valence electrons. The first-order valence-electron chi connectivity index (χ1n) is 0.996. The van der Waals surface area contributed by atoms with Crippen molar-refractivity contribution >= 4 is 6.79 Å². The molecule has 0 radical (unpaired) electrons. The summed E-state index contributed by atoms with van der Waals surface area (Å²) in [5.41, 5.74) is 0. The van der Waals surface area contributed by atoms with Crippen LogP contribution >= 0.6 is 0 Å². The topological polar surface area (TPSA) is 17.1 Å². The summed E-state index contributed by atoms with van der Waals surface area (Å²) in [7, 11) is 0. The first kappa shape index (κ1) is 32.8. The molecule has 0 amide bonds. The Bertz CT molecular complexity index is 7.51. The molecule has 0 unspecified atom stereocenters. The van der Waals surface area contributed by atoms with Gasteiger partial charge in [-0.15, -0.1) is 0 Å². The van der Waals surface area contributed by atoms with Gasteiger partial charge in [0, 0.05) is 0 Å². The second kappa shape index (κ2) is 793. The third-order valence-electron chi connectivity index (χ3n) is 0. The molecule has 0 fully saturated rings. The maximum absolute atomic E-state index is 8.00. The van der Waals surface area contributed by atoms with Crippen molar-refractivity contribution in [1.82, 2.24) is 0 Å². The van der Waals surface area contributed by atoms with E-state index < -0.39 is 0 Å². The molecule has 0 rings (SSSR count). The Kier molecular flexibility index (Phi) is 4340. The first-order valence-corrected chi connectivity index (χ1v) is 0.996. The van der Waals surface area contributed by atoms with Crippen molar-refractivity contribution in [2.45, 2.75) is 6.92 Å². The van der Waals surface area contributed by atoms with Gasteiger partial charge in [0.05, 0.1) is 0 Å². The Balaban J connectivity index is -0.00000000500. The minimum Gasteiger partial charge on any atom is -0.358 e. The van der Waals surface area contributed by atoms with E-state index in [-0.39, 0.29) is 28.5 Å². The number of rotatable bonds is 0. The van der Waals surface area contributed by atoms with Crippen LogP contribution in [-0.4, -0.2) is 6.79 Å². The summed E-state index contributed by atoms with van der Waals surface area (Å²) in [5, 5.41) is 0. The van der Waals surface area contributed by atoms with Gasteiger partial charge >= 0.3 is 21.1 Å². The molecule has 0 N–H and O–H groups in total. The van der Waals surface area contributed by atoms with E-state index >= 15 is 0 Å². The van der Waals surface area contributed by atoms with Crippen LogP contribution in [0.5, 0.6) is 0 Å². The Labute approximate surface area is 54.4 Å². The van der Waals surface area contributed by atoms with Crippen LogP contribution in [0.15, 0.2) is 0 Å². The predicted molar refractivity (Wildman–Crippen MR) is 24.6 cm³/mol. The summed E-state index contributed by atoms with van der Waals surface area (Å²) in [5.74, 6) is 0. The summed E-state index contributed by atoms with van der Waals surface area (Å²) in [4.78, 5) is 8.00. The molecule has 0 aromatic rings. The molecule has 0 saturated heterocycles. The molecule has 0 aliphatic heterocycles. The van der Waals surface area contributed by atoms with Crippen LogP contribution < -0.4 is 0 Å². The number of hydrogen-bond donors (Lipinski definition) is 0. The van der Waals surface area contributed by atoms with Crippen LogP contribution in [0.1, 0.15) is 6.92 Å². The Hall–Kier alpha value is 0.358. The number of carbonyl (C=O) groups excluding carboxylic acids is 1. The van der Waals surface area contributed by atoms with Gasteiger partial charge in [0.2, 0.25) is 0 Å². The van der Waals surface area contributed by atoms with Crippen LogP contribution in [0.2, 0.25) is 0 Å². The molecule has 0 spiro atoms. The van der Waals surface area contributed by atoms with Gasteiger partial charge in [0.15, 0.2) is 0 Å². The Morgan fingerprint density at radius 2 is 1.33 bits per heavy atom. The molecule has 0 atom stereocenters. The fourth-order valence-electron chi connectivity index (χ4n) is 0. The largest absolute Gasteiger partial charge is 2.00 e. The third-order valence-corrected chi connectivity index (χ3v) is 0. The molecular formula is C4H10OW. The molecule has 1 nitrogen and oxygen atoms in total. The smallest absolute Gasteiger partial charge is 0.358 e. The predicted octanol–water partition coefficient (Wildman–Crippen LogP) is 1.10. The average Bonchev–Trinajstić information content (AvgIpc) is 1.50. The molecule has 0 aromatic carbocycles. The zero-order chi connectivity index (χ0) is 4.00. The van der Waals surface area contributed by atoms with Gasteiger partial charge in [-0.2, -0.15) is 6.92 Å². The number of hydrogen-bond acceptors (Lipinski definition) is 1. The summed E-state index contributed by atoms with van der Waals surface area (Å²) in [6.07, 6.45) is 0. The van der Waals surface area contributed by atoms with E-state index in [2.05, 4.69) is 6.92 Å². The van der Waals surface area contributed by atoms with Crippen LogP contribution in [-0.2, 0) is 25.9 Å². The third kappa shape index (κ3) is 383. The van der Waals surface area contributed by atoms with E-state index in [0.29, 0.717) is 0 Å². The molecule has 0 aliphatic carbocycles. The van der Waals surface area contributed by atoms with E-state index in [4.69, 9.17) is 4.79 Å². The maximum atomic E-state index is 8.00. The van der Waals surface area contributed by atoms with Gasteiger partial charge in [-0.25, -0.2) is 0 Å². The van der Waals surface area contributed by atoms with E-state index in [0.717, 1.165) is 0 Å². The van der Waals surface area contributed by atoms with Gasteiger partial charge in [-0.3, -0.25) is 0 Å². The summed E-state index contributed by atoms with van der Waals surface area (Å²) in [6, 6.07) is 0. The summed E-state index contributed by atoms with van der Waals surface area (Å²) < 4.78 is 0. The molecule has 0 saturated carbocycles. The molecule has 6 heavy (non-hydrogen) atoms. The van der Waals surface area contributed by atoms with Gasteiger partial charge in [-0.05, 0) is 0 Å². The zero-order valence-electron chi connectivity index (χ0n) is 4.23. The molecule has 0 bridgehead atoms. The van der Waals surface area contributed by atoms with Crippen LogP contribution in [0.4, 0.5) is 0 Å². The molecule has 0 aliphatic rings. The van der Waals surface area contributed by atoms with Gasteiger partial charge in [-0.1, -0.05) is 0 Å². The van der Waals surface area contributed by atoms with Gasteiger partial charge < -0.3 is 19.1 Å². The van der Waals surface area contributed by atoms with E-state index in [9.17, 15) is 0 Å². The molecular weight excluding hydrogens is 248 g/mol. The fraction of sp³-hybridized carbons (Fsp3) is 0.250. The van der Waals surface area contributed by atoms with Crippen molar-refractivity contribution < 1.29 is 25.9 Å². The normalized spacial score (nSPS) is 1.67. The average molecular weight is 258 g/mol. The fourth-order valence-corrected chi connectivity index (χ4v) is 0. The molecule has 0 aromatic heterocycles. The van der Waals surface area contributed by atoms with E-state index in [1.54, 1.807) is 6.92 Å². The SMILES string of the molecule is C=O.[CH2-]C.[CH3-].[W+2]. The van der Waals surface area contributed by atoms with Crippen molar-refractivity contribution in [2.75, 3.05) is 0 Å². The quantitative estimate of drug-likeness (QED) is 0.595. The van der Waals surface area contributed by atoms with Crippen LogP contribution in [0.25, 0.3) is 0 Å². The van der Waals surface area contributed by atoms with Gasteiger partial charge in [0.1, 0.15) is 6.79 Å². The van der Waals surface area contributed by atoms with Crippen molar-refractivity contribution in [1.29, 1.82) is 0 Å². The standard InChI is InChI=1S/C2H5.CH2O.CH3.W/c2*1-2;;/h1H2,2H3;1H2;1H3;/q-1;;-1;+2. The van der Waals surface area contributed by atoms with Crippen molar-refractivity contribution in [3.05, 3.63) is 14.4 Å². The summed E-state index contributed by atoms with van der Waals surface area (Å²) >= 11 is 0. The first-order chi connectivity index (χ1) is 2.00. The van der Waals surface area contributed by atoms with Crippen molar-refractivity contribution in [3.63, 3.8) is 0 Å². The monoisotopic (exact) mass is 258 g/mol. The molecule has 0 heterocycles. The maximum Gasteiger partial charge on any atom is 2.00 e. The second-order valence-corrected chi connectivity index (χ2v) is 0. The van der Waals surface area contributed by atoms with Gasteiger partial charge in [0.25, 0.3) is 0 Å². The van der Waals surface area contributed by atoms with Crippen LogP contribution in [0.3, 0.4) is 0 Å².